The molecular weight excluding hydrogens is 276 g/mol. The molecule has 0 aliphatic heterocycles. The van der Waals surface area contributed by atoms with Crippen molar-refractivity contribution in [2.24, 2.45) is 5.73 Å². The lowest BCUT2D eigenvalue weighted by Gasteiger charge is -2.04. The van der Waals surface area contributed by atoms with Gasteiger partial charge in [0.1, 0.15) is 0 Å². The number of thiazole rings is 1. The van der Waals surface area contributed by atoms with Gasteiger partial charge in [-0.05, 0) is 11.5 Å². The van der Waals surface area contributed by atoms with Gasteiger partial charge in [-0.25, -0.2) is 4.98 Å². The molecule has 4 nitrogen and oxygen atoms in total. The highest BCUT2D eigenvalue weighted by Gasteiger charge is 2.12. The Labute approximate surface area is 119 Å². The summed E-state index contributed by atoms with van der Waals surface area (Å²) in [6.45, 7) is 0. The second-order valence-corrected chi connectivity index (χ2v) is 5.88. The van der Waals surface area contributed by atoms with E-state index in [1.165, 1.54) is 11.5 Å². The first kappa shape index (κ1) is 12.4. The Balaban J connectivity index is 1.75. The molecule has 0 saturated heterocycles. The molecule has 0 spiro atoms. The minimum Gasteiger partial charge on any atom is -0.323 e. The summed E-state index contributed by atoms with van der Waals surface area (Å²) in [6.07, 6.45) is 2.45. The maximum atomic E-state index is 6.12. The van der Waals surface area contributed by atoms with Crippen LogP contribution in [0, 0.1) is 0 Å². The summed E-state index contributed by atoms with van der Waals surface area (Å²) in [5, 5.41) is 6.92. The second kappa shape index (κ2) is 5.56. The smallest absolute Gasteiger partial charge is 0.0951 e. The monoisotopic (exact) mass is 288 g/mol. The van der Waals surface area contributed by atoms with E-state index in [4.69, 9.17) is 5.73 Å². The summed E-state index contributed by atoms with van der Waals surface area (Å²) in [5.74, 6) is 0. The number of hydrogen-bond acceptors (Lipinski definition) is 6. The predicted octanol–water partition coefficient (Wildman–Crippen LogP) is 2.90. The average molecular weight is 288 g/mol. The van der Waals surface area contributed by atoms with Crippen LogP contribution in [0.2, 0.25) is 0 Å². The maximum Gasteiger partial charge on any atom is 0.0951 e. The SMILES string of the molecule is NC(Cc1nc(-c2ccccc2)cs1)c1cnns1. The first-order valence-corrected chi connectivity index (χ1v) is 7.51. The number of benzene rings is 1. The Morgan fingerprint density at radius 3 is 2.79 bits per heavy atom. The zero-order chi connectivity index (χ0) is 13.1. The molecule has 3 rings (SSSR count). The Hall–Kier alpha value is -1.63. The zero-order valence-corrected chi connectivity index (χ0v) is 11.7. The van der Waals surface area contributed by atoms with E-state index in [0.717, 1.165) is 27.6 Å². The molecule has 2 heterocycles. The van der Waals surface area contributed by atoms with Gasteiger partial charge in [0, 0.05) is 23.4 Å². The van der Waals surface area contributed by atoms with E-state index in [-0.39, 0.29) is 6.04 Å². The number of hydrogen-bond donors (Lipinski definition) is 1. The first-order valence-electron chi connectivity index (χ1n) is 5.85. The maximum absolute atomic E-state index is 6.12. The van der Waals surface area contributed by atoms with E-state index < -0.39 is 0 Å². The largest absolute Gasteiger partial charge is 0.323 e. The molecule has 2 aromatic heterocycles. The van der Waals surface area contributed by atoms with Crippen LogP contribution in [0.1, 0.15) is 15.9 Å². The molecule has 0 fully saturated rings. The van der Waals surface area contributed by atoms with Crippen LogP contribution < -0.4 is 5.73 Å². The van der Waals surface area contributed by atoms with Gasteiger partial charge in [0.2, 0.25) is 0 Å². The molecule has 0 bridgehead atoms. The van der Waals surface area contributed by atoms with E-state index in [9.17, 15) is 0 Å². The van der Waals surface area contributed by atoms with Gasteiger partial charge in [-0.2, -0.15) is 0 Å². The molecule has 1 aromatic carbocycles. The van der Waals surface area contributed by atoms with Gasteiger partial charge in [-0.1, -0.05) is 34.8 Å². The van der Waals surface area contributed by atoms with E-state index >= 15 is 0 Å². The van der Waals surface area contributed by atoms with Crippen molar-refractivity contribution >= 4 is 22.9 Å². The molecule has 3 aromatic rings. The Morgan fingerprint density at radius 1 is 1.21 bits per heavy atom. The molecule has 1 atom stereocenters. The molecular formula is C13H12N4S2. The lowest BCUT2D eigenvalue weighted by atomic mass is 10.2. The van der Waals surface area contributed by atoms with Crippen molar-refractivity contribution in [1.82, 2.24) is 14.6 Å². The average Bonchev–Trinajstić information content (AvgIpc) is 3.11. The van der Waals surface area contributed by atoms with E-state index in [0.29, 0.717) is 0 Å². The van der Waals surface area contributed by atoms with Gasteiger partial charge in [-0.15, -0.1) is 16.4 Å². The van der Waals surface area contributed by atoms with Crippen LogP contribution in [0.25, 0.3) is 11.3 Å². The Bertz CT molecular complexity index is 634. The molecule has 96 valence electrons. The van der Waals surface area contributed by atoms with Crippen LogP contribution in [-0.4, -0.2) is 14.6 Å². The summed E-state index contributed by atoms with van der Waals surface area (Å²) >= 11 is 2.99. The minimum absolute atomic E-state index is 0.0743. The standard InChI is InChI=1S/C13H12N4S2/c14-10(12-7-15-17-19-12)6-13-16-11(8-18-13)9-4-2-1-3-5-9/h1-5,7-8,10H,6,14H2. The zero-order valence-electron chi connectivity index (χ0n) is 10.1. The fourth-order valence-electron chi connectivity index (χ4n) is 1.77. The normalized spacial score (nSPS) is 12.5. The van der Waals surface area contributed by atoms with Crippen molar-refractivity contribution in [1.29, 1.82) is 0 Å². The van der Waals surface area contributed by atoms with Gasteiger partial charge < -0.3 is 5.73 Å². The summed E-state index contributed by atoms with van der Waals surface area (Å²) in [4.78, 5) is 5.63. The molecule has 0 aliphatic carbocycles. The van der Waals surface area contributed by atoms with E-state index in [1.807, 2.05) is 18.2 Å². The van der Waals surface area contributed by atoms with E-state index in [2.05, 4.69) is 32.1 Å². The van der Waals surface area contributed by atoms with Gasteiger partial charge in [0.05, 0.1) is 21.8 Å². The van der Waals surface area contributed by atoms with Crippen LogP contribution >= 0.6 is 22.9 Å². The van der Waals surface area contributed by atoms with Crippen molar-refractivity contribution in [3.05, 3.63) is 51.8 Å². The third-order valence-corrected chi connectivity index (χ3v) is 4.43. The van der Waals surface area contributed by atoms with E-state index in [1.54, 1.807) is 17.5 Å². The lowest BCUT2D eigenvalue weighted by molar-refractivity contribution is 0.730. The summed E-state index contributed by atoms with van der Waals surface area (Å²) < 4.78 is 3.83. The van der Waals surface area contributed by atoms with Crippen molar-refractivity contribution in [2.75, 3.05) is 0 Å². The van der Waals surface area contributed by atoms with Gasteiger partial charge in [0.25, 0.3) is 0 Å². The van der Waals surface area contributed by atoms with Gasteiger partial charge in [-0.3, -0.25) is 0 Å². The molecule has 0 radical (unpaired) electrons. The highest BCUT2D eigenvalue weighted by atomic mass is 32.1. The fraction of sp³-hybridized carbons (Fsp3) is 0.154. The molecule has 0 amide bonds. The van der Waals surface area contributed by atoms with Crippen molar-refractivity contribution in [3.8, 4) is 11.3 Å². The van der Waals surface area contributed by atoms with Crippen LogP contribution in [0.4, 0.5) is 0 Å². The number of aromatic nitrogens is 3. The topological polar surface area (TPSA) is 64.7 Å². The highest BCUT2D eigenvalue weighted by molar-refractivity contribution is 7.10. The number of rotatable bonds is 4. The highest BCUT2D eigenvalue weighted by Crippen LogP contribution is 2.25. The van der Waals surface area contributed by atoms with Crippen LogP contribution in [0.5, 0.6) is 0 Å². The van der Waals surface area contributed by atoms with Crippen molar-refractivity contribution in [3.63, 3.8) is 0 Å². The molecule has 0 aliphatic rings. The molecule has 6 heteroatoms. The third-order valence-electron chi connectivity index (χ3n) is 2.76. The van der Waals surface area contributed by atoms with Gasteiger partial charge >= 0.3 is 0 Å². The van der Waals surface area contributed by atoms with Gasteiger partial charge in [0.15, 0.2) is 0 Å². The molecule has 19 heavy (non-hydrogen) atoms. The van der Waals surface area contributed by atoms with Crippen molar-refractivity contribution in [2.45, 2.75) is 12.5 Å². The van der Waals surface area contributed by atoms with Crippen LogP contribution in [0.15, 0.2) is 41.9 Å². The van der Waals surface area contributed by atoms with Crippen LogP contribution in [-0.2, 0) is 6.42 Å². The molecule has 1 unspecified atom stereocenters. The lowest BCUT2D eigenvalue weighted by Crippen LogP contribution is -2.11. The number of nitrogens with two attached hydrogens (primary N) is 1. The molecule has 0 saturated carbocycles. The number of nitrogens with zero attached hydrogens (tertiary/aromatic N) is 3. The quantitative estimate of drug-likeness (QED) is 0.801. The first-order chi connectivity index (χ1) is 9.33. The third kappa shape index (κ3) is 2.86. The minimum atomic E-state index is -0.0743. The fourth-order valence-corrected chi connectivity index (χ4v) is 3.14. The predicted molar refractivity (Wildman–Crippen MR) is 78.1 cm³/mol. The summed E-state index contributed by atoms with van der Waals surface area (Å²) in [7, 11) is 0. The van der Waals surface area contributed by atoms with Crippen LogP contribution in [0.3, 0.4) is 0 Å². The second-order valence-electron chi connectivity index (χ2n) is 4.12. The van der Waals surface area contributed by atoms with Crippen molar-refractivity contribution < 1.29 is 0 Å². The summed E-state index contributed by atoms with van der Waals surface area (Å²) in [5.41, 5.74) is 8.26. The summed E-state index contributed by atoms with van der Waals surface area (Å²) in [6, 6.07) is 10.1. The molecule has 2 N–H and O–H groups in total. The Kier molecular flexibility index (Phi) is 3.63. The Morgan fingerprint density at radius 2 is 2.05 bits per heavy atom.